The van der Waals surface area contributed by atoms with Gasteiger partial charge in [-0.25, -0.2) is 4.98 Å². The smallest absolute Gasteiger partial charge is 0.270 e. The molecule has 4 heterocycles. The van der Waals surface area contributed by atoms with Crippen molar-refractivity contribution in [1.29, 1.82) is 10.5 Å². The summed E-state index contributed by atoms with van der Waals surface area (Å²) in [5.74, 6) is 0.957. The van der Waals surface area contributed by atoms with Crippen LogP contribution in [-0.4, -0.2) is 51.8 Å². The van der Waals surface area contributed by atoms with E-state index in [0.29, 0.717) is 64.5 Å². The highest BCUT2D eigenvalue weighted by Gasteiger charge is 2.24. The third-order valence-corrected chi connectivity index (χ3v) is 11.4. The van der Waals surface area contributed by atoms with Crippen LogP contribution in [0.1, 0.15) is 44.8 Å². The summed E-state index contributed by atoms with van der Waals surface area (Å²) in [6, 6.07) is 32.5. The molecule has 0 fully saturated rings. The van der Waals surface area contributed by atoms with E-state index in [1.54, 1.807) is 23.1 Å². The fourth-order valence-electron chi connectivity index (χ4n) is 7.16. The number of hydrogen-bond acceptors (Lipinski definition) is 9. The second kappa shape index (κ2) is 20.1. The number of aromatic nitrogens is 2. The predicted octanol–water partition coefficient (Wildman–Crippen LogP) is 9.66. The van der Waals surface area contributed by atoms with Gasteiger partial charge < -0.3 is 29.0 Å². The molecule has 2 aromatic heterocycles. The molecule has 0 spiro atoms. The monoisotopic (exact) mass is 920 g/mol. The van der Waals surface area contributed by atoms with E-state index in [-0.39, 0.29) is 57.8 Å². The first-order chi connectivity index (χ1) is 30.4. The maximum Gasteiger partial charge on any atom is 0.270 e. The van der Waals surface area contributed by atoms with Crippen LogP contribution in [-0.2, 0) is 48.4 Å². The second-order valence-electron chi connectivity index (χ2n) is 14.5. The van der Waals surface area contributed by atoms with E-state index < -0.39 is 5.56 Å². The number of rotatable bonds is 9. The number of benzene rings is 4. The molecule has 0 saturated heterocycles. The number of aromatic amines is 1. The van der Waals surface area contributed by atoms with Crippen molar-refractivity contribution in [2.75, 3.05) is 20.2 Å². The number of amides is 2. The van der Waals surface area contributed by atoms with Crippen molar-refractivity contribution in [2.45, 2.75) is 38.8 Å². The zero-order valence-corrected chi connectivity index (χ0v) is 36.6. The molecule has 0 aliphatic carbocycles. The number of nitrogens with one attached hydrogen (secondary N) is 1. The quantitative estimate of drug-likeness (QED) is 0.149. The summed E-state index contributed by atoms with van der Waals surface area (Å²) in [5.41, 5.74) is 5.76. The van der Waals surface area contributed by atoms with E-state index >= 15 is 0 Å². The number of pyridine rings is 2. The number of carbonyl (C=O) groups is 2. The molecule has 6 aromatic rings. The molecule has 0 bridgehead atoms. The molecule has 1 N–H and O–H groups in total. The van der Waals surface area contributed by atoms with Gasteiger partial charge in [-0.3, -0.25) is 14.4 Å². The van der Waals surface area contributed by atoms with E-state index in [0.717, 1.165) is 24.0 Å². The second-order valence-corrected chi connectivity index (χ2v) is 16.2. The number of hydrogen-bond donors (Lipinski definition) is 1. The van der Waals surface area contributed by atoms with Crippen LogP contribution in [0, 0.1) is 22.7 Å². The summed E-state index contributed by atoms with van der Waals surface area (Å²) in [5, 5.41) is 18.9. The number of H-pyrrole nitrogens is 1. The summed E-state index contributed by atoms with van der Waals surface area (Å²) in [6.07, 6.45) is 1.70. The van der Waals surface area contributed by atoms with Gasteiger partial charge in [-0.1, -0.05) is 94.9 Å². The molecule has 0 atom stereocenters. The molecule has 0 saturated carbocycles. The first-order valence-corrected chi connectivity index (χ1v) is 21.0. The van der Waals surface area contributed by atoms with Crippen LogP contribution in [0.25, 0.3) is 0 Å². The van der Waals surface area contributed by atoms with Crippen molar-refractivity contribution < 1.29 is 23.8 Å². The molecule has 2 aliphatic heterocycles. The Morgan fingerprint density at radius 3 is 1.68 bits per heavy atom. The number of carbonyl (C=O) groups excluding carboxylic acids is 2. The SMILES string of the molecule is COc1nc(CC(=O)N2CCc3ccccc3C2)cc(Oc2cc(Cl)cc(C#N)c2)c1Cl.N#Cc1cc(Cl)cc(Oc2cc(CC(=O)N3CCc4ccccc4C3)[nH]c(=O)c2Cl)c1. The summed E-state index contributed by atoms with van der Waals surface area (Å²) in [6.45, 7) is 2.39. The Labute approximate surface area is 382 Å². The van der Waals surface area contributed by atoms with Gasteiger partial charge in [-0.15, -0.1) is 0 Å². The summed E-state index contributed by atoms with van der Waals surface area (Å²) in [4.78, 5) is 48.7. The third kappa shape index (κ3) is 11.1. The number of nitrogens with zero attached hydrogens (tertiary/aromatic N) is 5. The molecule has 12 nitrogen and oxygen atoms in total. The molecule has 0 radical (unpaired) electrons. The van der Waals surface area contributed by atoms with E-state index in [1.807, 2.05) is 53.4 Å². The standard InChI is InChI=1S/C24H19Cl2N3O3.C23H17Cl2N3O3/c1-31-24-23(26)21(32-20-9-15(13-27)8-18(25)10-20)11-19(28-24)12-22(30)29-7-6-16-4-2-3-5-17(16)14-29;24-17-7-14(12-26)8-19(9-17)31-20-10-18(27-23(30)22(20)25)11-21(29)28-6-5-15-3-1-2-4-16(15)13-28/h2-5,8-11H,6-7,12,14H2,1H3;1-4,7-10H,5-6,11,13H2,(H,27,30). The van der Waals surface area contributed by atoms with Gasteiger partial charge in [0.2, 0.25) is 17.7 Å². The molecule has 318 valence electrons. The number of fused-ring (bicyclic) bond motifs is 2. The van der Waals surface area contributed by atoms with E-state index in [2.05, 4.69) is 22.1 Å². The van der Waals surface area contributed by atoms with Gasteiger partial charge in [0.15, 0.2) is 11.5 Å². The van der Waals surface area contributed by atoms with Gasteiger partial charge in [-0.05, 0) is 71.5 Å². The van der Waals surface area contributed by atoms with Crippen LogP contribution < -0.4 is 19.8 Å². The predicted molar refractivity (Wildman–Crippen MR) is 239 cm³/mol. The minimum Gasteiger partial charge on any atom is -0.480 e. The van der Waals surface area contributed by atoms with Gasteiger partial charge in [0, 0.05) is 54.1 Å². The van der Waals surface area contributed by atoms with Crippen LogP contribution in [0.3, 0.4) is 0 Å². The number of halogens is 4. The lowest BCUT2D eigenvalue weighted by atomic mass is 9.99. The average Bonchev–Trinajstić information content (AvgIpc) is 3.28. The minimum atomic E-state index is -0.562. The molecule has 8 rings (SSSR count). The van der Waals surface area contributed by atoms with Crippen LogP contribution >= 0.6 is 46.4 Å². The van der Waals surface area contributed by atoms with Gasteiger partial charge in [0.25, 0.3) is 5.56 Å². The minimum absolute atomic E-state index is 0.00390. The topological polar surface area (TPSA) is 162 Å². The van der Waals surface area contributed by atoms with Gasteiger partial charge in [0.1, 0.15) is 21.5 Å². The van der Waals surface area contributed by atoms with Gasteiger partial charge in [0.05, 0.1) is 48.9 Å². The number of nitriles is 2. The van der Waals surface area contributed by atoms with Crippen LogP contribution in [0.5, 0.6) is 28.9 Å². The van der Waals surface area contributed by atoms with Crippen molar-refractivity contribution in [3.05, 3.63) is 172 Å². The highest BCUT2D eigenvalue weighted by molar-refractivity contribution is 6.33. The maximum absolute atomic E-state index is 13.0. The lowest BCUT2D eigenvalue weighted by Crippen LogP contribution is -2.37. The lowest BCUT2D eigenvalue weighted by Gasteiger charge is -2.29. The van der Waals surface area contributed by atoms with Crippen LogP contribution in [0.15, 0.2) is 102 Å². The van der Waals surface area contributed by atoms with Gasteiger partial charge >= 0.3 is 0 Å². The summed E-state index contributed by atoms with van der Waals surface area (Å²) < 4.78 is 16.9. The molecule has 4 aromatic carbocycles. The molecule has 2 aliphatic rings. The molecule has 16 heteroatoms. The van der Waals surface area contributed by atoms with Gasteiger partial charge in [-0.2, -0.15) is 10.5 Å². The van der Waals surface area contributed by atoms with Crippen molar-refractivity contribution >= 4 is 58.2 Å². The van der Waals surface area contributed by atoms with Crippen molar-refractivity contribution in [3.63, 3.8) is 0 Å². The Morgan fingerprint density at radius 1 is 0.683 bits per heavy atom. The highest BCUT2D eigenvalue weighted by atomic mass is 35.5. The third-order valence-electron chi connectivity index (χ3n) is 10.2. The molecular formula is C47H36Cl4N6O6. The summed E-state index contributed by atoms with van der Waals surface area (Å²) >= 11 is 24.6. The Morgan fingerprint density at radius 2 is 1.17 bits per heavy atom. The number of methoxy groups -OCH3 is 1. The largest absolute Gasteiger partial charge is 0.480 e. The van der Waals surface area contributed by atoms with E-state index in [1.165, 1.54) is 48.6 Å². The number of ether oxygens (including phenoxy) is 3. The average molecular weight is 923 g/mol. The lowest BCUT2D eigenvalue weighted by molar-refractivity contribution is -0.132. The molecule has 0 unspecified atom stereocenters. The highest BCUT2D eigenvalue weighted by Crippen LogP contribution is 2.37. The van der Waals surface area contributed by atoms with Crippen molar-refractivity contribution in [3.8, 4) is 41.0 Å². The molecule has 63 heavy (non-hydrogen) atoms. The van der Waals surface area contributed by atoms with Crippen LogP contribution in [0.4, 0.5) is 0 Å². The first-order valence-electron chi connectivity index (χ1n) is 19.5. The zero-order valence-electron chi connectivity index (χ0n) is 33.6. The first kappa shape index (κ1) is 44.5. The van der Waals surface area contributed by atoms with Crippen molar-refractivity contribution in [1.82, 2.24) is 19.8 Å². The van der Waals surface area contributed by atoms with E-state index in [4.69, 9.17) is 71.1 Å². The Balaban J connectivity index is 0.000000189. The van der Waals surface area contributed by atoms with Crippen molar-refractivity contribution in [2.24, 2.45) is 0 Å². The fraction of sp³-hybridized carbons (Fsp3) is 0.191. The fourth-order valence-corrected chi connectivity index (χ4v) is 7.96. The molecular weight excluding hydrogens is 886 g/mol. The van der Waals surface area contributed by atoms with E-state index in [9.17, 15) is 14.4 Å². The van der Waals surface area contributed by atoms with Crippen LogP contribution in [0.2, 0.25) is 20.1 Å². The summed E-state index contributed by atoms with van der Waals surface area (Å²) in [7, 11) is 1.44. The Kier molecular flexibility index (Phi) is 14.2. The molecule has 2 amide bonds. The normalized spacial score (nSPS) is 12.7. The zero-order chi connectivity index (χ0) is 44.6. The Bertz CT molecular complexity index is 2870. The Hall–Kier alpha value is -6.54. The maximum atomic E-state index is 13.0.